The van der Waals surface area contributed by atoms with Gasteiger partial charge in [-0.15, -0.1) is 0 Å². The number of benzene rings is 2. The Balaban J connectivity index is 1.79. The Morgan fingerprint density at radius 1 is 1.12 bits per heavy atom. The topological polar surface area (TPSA) is 42.2 Å². The summed E-state index contributed by atoms with van der Waals surface area (Å²) in [6.45, 7) is 1.97. The number of carbonyl (C=O) groups is 1. The van der Waals surface area contributed by atoms with Gasteiger partial charge in [-0.1, -0.05) is 24.3 Å². The molecule has 3 rings (SSSR count). The predicted octanol–water partition coefficient (Wildman–Crippen LogP) is 4.89. The maximum atomic E-state index is 13.2. The third-order valence-corrected chi connectivity index (χ3v) is 3.85. The standard InChI is InChI=1S/C20H18FNO2/c1-14-4-2-5-17(12-14)22-20(23)13-18(19-6-3-11-24-19)15-7-9-16(21)10-8-15/h2-12,18H,13H2,1H3,(H,22,23)/t18-/m0/s1. The molecule has 1 aromatic heterocycles. The highest BCUT2D eigenvalue weighted by Crippen LogP contribution is 2.29. The molecule has 0 unspecified atom stereocenters. The Bertz CT molecular complexity index is 810. The van der Waals surface area contributed by atoms with Crippen molar-refractivity contribution in [2.75, 3.05) is 5.32 Å². The van der Waals surface area contributed by atoms with Crippen LogP contribution in [0.15, 0.2) is 71.3 Å². The molecule has 0 radical (unpaired) electrons. The van der Waals surface area contributed by atoms with Crippen molar-refractivity contribution in [1.82, 2.24) is 0 Å². The van der Waals surface area contributed by atoms with Gasteiger partial charge in [-0.05, 0) is 54.4 Å². The minimum absolute atomic E-state index is 0.119. The lowest BCUT2D eigenvalue weighted by atomic mass is 9.93. The van der Waals surface area contributed by atoms with Gasteiger partial charge in [0.1, 0.15) is 11.6 Å². The van der Waals surface area contributed by atoms with Crippen molar-refractivity contribution in [3.8, 4) is 0 Å². The third-order valence-electron chi connectivity index (χ3n) is 3.85. The Kier molecular flexibility index (Phi) is 4.75. The van der Waals surface area contributed by atoms with Crippen molar-refractivity contribution in [2.45, 2.75) is 19.3 Å². The molecule has 3 nitrogen and oxygen atoms in total. The number of anilines is 1. The summed E-state index contributed by atoms with van der Waals surface area (Å²) in [6.07, 6.45) is 1.79. The maximum absolute atomic E-state index is 13.2. The highest BCUT2D eigenvalue weighted by molar-refractivity contribution is 5.91. The smallest absolute Gasteiger partial charge is 0.225 e. The number of carbonyl (C=O) groups excluding carboxylic acids is 1. The summed E-state index contributed by atoms with van der Waals surface area (Å²) in [6, 6.07) is 17.4. The number of aryl methyl sites for hydroxylation is 1. The van der Waals surface area contributed by atoms with Crippen LogP contribution in [0.5, 0.6) is 0 Å². The number of amides is 1. The van der Waals surface area contributed by atoms with Gasteiger partial charge < -0.3 is 9.73 Å². The van der Waals surface area contributed by atoms with Crippen LogP contribution in [-0.4, -0.2) is 5.91 Å². The zero-order valence-electron chi connectivity index (χ0n) is 13.3. The van der Waals surface area contributed by atoms with E-state index in [1.54, 1.807) is 24.5 Å². The molecular formula is C20H18FNO2. The maximum Gasteiger partial charge on any atom is 0.225 e. The van der Waals surface area contributed by atoms with E-state index < -0.39 is 0 Å². The Labute approximate surface area is 140 Å². The van der Waals surface area contributed by atoms with Gasteiger partial charge in [-0.25, -0.2) is 4.39 Å². The third kappa shape index (κ3) is 3.90. The fourth-order valence-corrected chi connectivity index (χ4v) is 2.69. The van der Waals surface area contributed by atoms with Crippen molar-refractivity contribution in [2.24, 2.45) is 0 Å². The molecule has 0 aliphatic rings. The van der Waals surface area contributed by atoms with Gasteiger partial charge in [0.15, 0.2) is 0 Å². The van der Waals surface area contributed by atoms with Crippen LogP contribution in [-0.2, 0) is 4.79 Å². The number of hydrogen-bond donors (Lipinski definition) is 1. The second kappa shape index (κ2) is 7.13. The molecule has 0 bridgehead atoms. The molecule has 1 amide bonds. The van der Waals surface area contributed by atoms with Crippen LogP contribution < -0.4 is 5.32 Å². The van der Waals surface area contributed by atoms with E-state index in [4.69, 9.17) is 4.42 Å². The Morgan fingerprint density at radius 2 is 1.92 bits per heavy atom. The van der Waals surface area contributed by atoms with Crippen molar-refractivity contribution >= 4 is 11.6 Å². The summed E-state index contributed by atoms with van der Waals surface area (Å²) < 4.78 is 18.7. The second-order valence-corrected chi connectivity index (χ2v) is 5.74. The van der Waals surface area contributed by atoms with E-state index in [9.17, 15) is 9.18 Å². The molecule has 0 fully saturated rings. The molecule has 0 aliphatic heterocycles. The fourth-order valence-electron chi connectivity index (χ4n) is 2.69. The van der Waals surface area contributed by atoms with E-state index >= 15 is 0 Å². The molecule has 1 N–H and O–H groups in total. The number of rotatable bonds is 5. The molecule has 4 heteroatoms. The van der Waals surface area contributed by atoms with Crippen LogP contribution in [0, 0.1) is 12.7 Å². The molecule has 0 spiro atoms. The lowest BCUT2D eigenvalue weighted by Gasteiger charge is -2.15. The molecule has 0 aliphatic carbocycles. The molecule has 1 atom stereocenters. The summed E-state index contributed by atoms with van der Waals surface area (Å²) in [5.41, 5.74) is 2.68. The van der Waals surface area contributed by atoms with E-state index in [1.165, 1.54) is 12.1 Å². The van der Waals surface area contributed by atoms with Crippen molar-refractivity contribution < 1.29 is 13.6 Å². The second-order valence-electron chi connectivity index (χ2n) is 5.74. The molecule has 1 heterocycles. The van der Waals surface area contributed by atoms with Gasteiger partial charge in [-0.2, -0.15) is 0 Å². The van der Waals surface area contributed by atoms with Crippen molar-refractivity contribution in [1.29, 1.82) is 0 Å². The lowest BCUT2D eigenvalue weighted by molar-refractivity contribution is -0.116. The van der Waals surface area contributed by atoms with Gasteiger partial charge in [0.05, 0.1) is 12.2 Å². The zero-order valence-corrected chi connectivity index (χ0v) is 13.3. The van der Waals surface area contributed by atoms with Gasteiger partial charge in [0, 0.05) is 12.1 Å². The number of nitrogens with one attached hydrogen (secondary N) is 1. The summed E-state index contributed by atoms with van der Waals surface area (Å²) in [5.74, 6) is -0.00103. The van der Waals surface area contributed by atoms with Gasteiger partial charge in [-0.3, -0.25) is 4.79 Å². The zero-order chi connectivity index (χ0) is 16.9. The van der Waals surface area contributed by atoms with Gasteiger partial charge in [0.2, 0.25) is 5.91 Å². The molecule has 2 aromatic carbocycles. The van der Waals surface area contributed by atoms with E-state index in [0.29, 0.717) is 5.76 Å². The SMILES string of the molecule is Cc1cccc(NC(=O)C[C@@H](c2ccc(F)cc2)c2ccco2)c1. The Morgan fingerprint density at radius 3 is 2.58 bits per heavy atom. The highest BCUT2D eigenvalue weighted by Gasteiger charge is 2.21. The summed E-state index contributed by atoms with van der Waals surface area (Å²) in [4.78, 5) is 12.4. The average Bonchev–Trinajstić information content (AvgIpc) is 3.08. The summed E-state index contributed by atoms with van der Waals surface area (Å²) in [5, 5.41) is 2.90. The van der Waals surface area contributed by atoms with E-state index in [1.807, 2.05) is 37.3 Å². The van der Waals surface area contributed by atoms with Crippen LogP contribution in [0.3, 0.4) is 0 Å². The monoisotopic (exact) mass is 323 g/mol. The lowest BCUT2D eigenvalue weighted by Crippen LogP contribution is -2.16. The number of hydrogen-bond acceptors (Lipinski definition) is 2. The number of halogens is 1. The first-order chi connectivity index (χ1) is 11.6. The number of furan rings is 1. The van der Waals surface area contributed by atoms with E-state index in [2.05, 4.69) is 5.32 Å². The van der Waals surface area contributed by atoms with E-state index in [-0.39, 0.29) is 24.1 Å². The average molecular weight is 323 g/mol. The first-order valence-corrected chi connectivity index (χ1v) is 7.77. The predicted molar refractivity (Wildman–Crippen MR) is 91.4 cm³/mol. The molecular weight excluding hydrogens is 305 g/mol. The minimum atomic E-state index is -0.304. The van der Waals surface area contributed by atoms with Crippen LogP contribution in [0.25, 0.3) is 0 Å². The van der Waals surface area contributed by atoms with Crippen molar-refractivity contribution in [3.05, 3.63) is 89.6 Å². The van der Waals surface area contributed by atoms with Gasteiger partial charge in [0.25, 0.3) is 0 Å². The normalized spacial score (nSPS) is 11.9. The molecule has 3 aromatic rings. The molecule has 0 saturated carbocycles. The van der Waals surface area contributed by atoms with Crippen LogP contribution in [0.2, 0.25) is 0 Å². The summed E-state index contributed by atoms with van der Waals surface area (Å²) in [7, 11) is 0. The largest absolute Gasteiger partial charge is 0.469 e. The first kappa shape index (κ1) is 16.0. The molecule has 0 saturated heterocycles. The van der Waals surface area contributed by atoms with Crippen LogP contribution in [0.4, 0.5) is 10.1 Å². The Hall–Kier alpha value is -2.88. The summed E-state index contributed by atoms with van der Waals surface area (Å²) >= 11 is 0. The highest BCUT2D eigenvalue weighted by atomic mass is 19.1. The first-order valence-electron chi connectivity index (χ1n) is 7.77. The minimum Gasteiger partial charge on any atom is -0.469 e. The molecule has 122 valence electrons. The van der Waals surface area contributed by atoms with Gasteiger partial charge >= 0.3 is 0 Å². The van der Waals surface area contributed by atoms with Crippen LogP contribution in [0.1, 0.15) is 29.2 Å². The fraction of sp³-hybridized carbons (Fsp3) is 0.150. The van der Waals surface area contributed by atoms with Crippen LogP contribution >= 0.6 is 0 Å². The van der Waals surface area contributed by atoms with E-state index in [0.717, 1.165) is 16.8 Å². The van der Waals surface area contributed by atoms with Crippen molar-refractivity contribution in [3.63, 3.8) is 0 Å². The molecule has 24 heavy (non-hydrogen) atoms. The quantitative estimate of drug-likeness (QED) is 0.726.